The average molecular weight is 282 g/mol. The Morgan fingerprint density at radius 3 is 2.85 bits per heavy atom. The minimum absolute atomic E-state index is 0.187. The fourth-order valence-electron chi connectivity index (χ4n) is 3.10. The van der Waals surface area contributed by atoms with Crippen LogP contribution in [0.4, 0.5) is 0 Å². The Bertz CT molecular complexity index is 313. The van der Waals surface area contributed by atoms with Crippen LogP contribution >= 0.6 is 0 Å². The van der Waals surface area contributed by atoms with Crippen LogP contribution in [0.25, 0.3) is 0 Å². The number of nitrogens with one attached hydrogen (secondary N) is 1. The Hall–Kier alpha value is -0.810. The number of morpholine rings is 1. The van der Waals surface area contributed by atoms with Crippen LogP contribution in [0.15, 0.2) is 4.99 Å². The number of hydrogen-bond donors (Lipinski definition) is 2. The van der Waals surface area contributed by atoms with Crippen molar-refractivity contribution < 1.29 is 4.74 Å². The molecule has 1 saturated heterocycles. The van der Waals surface area contributed by atoms with Crippen LogP contribution in [0.1, 0.15) is 39.5 Å². The molecule has 0 aromatic rings. The molecule has 116 valence electrons. The normalized spacial score (nSPS) is 26.4. The highest BCUT2D eigenvalue weighted by molar-refractivity contribution is 5.78. The van der Waals surface area contributed by atoms with Gasteiger partial charge in [-0.25, -0.2) is 0 Å². The van der Waals surface area contributed by atoms with Crippen LogP contribution in [0.2, 0.25) is 0 Å². The van der Waals surface area contributed by atoms with Crippen molar-refractivity contribution >= 4 is 5.96 Å². The topological polar surface area (TPSA) is 62.9 Å². The van der Waals surface area contributed by atoms with Gasteiger partial charge >= 0.3 is 0 Å². The van der Waals surface area contributed by atoms with E-state index in [0.717, 1.165) is 26.2 Å². The van der Waals surface area contributed by atoms with Crippen LogP contribution in [-0.4, -0.2) is 55.8 Å². The zero-order valence-electron chi connectivity index (χ0n) is 13.0. The van der Waals surface area contributed by atoms with E-state index >= 15 is 0 Å². The van der Waals surface area contributed by atoms with Crippen molar-refractivity contribution in [2.45, 2.75) is 51.7 Å². The largest absolute Gasteiger partial charge is 0.374 e. The van der Waals surface area contributed by atoms with Gasteiger partial charge in [0.2, 0.25) is 0 Å². The van der Waals surface area contributed by atoms with Gasteiger partial charge in [-0.3, -0.25) is 9.89 Å². The molecular weight excluding hydrogens is 252 g/mol. The summed E-state index contributed by atoms with van der Waals surface area (Å²) in [4.78, 5) is 6.92. The van der Waals surface area contributed by atoms with Crippen LogP contribution in [-0.2, 0) is 4.74 Å². The van der Waals surface area contributed by atoms with E-state index in [1.165, 1.54) is 25.7 Å². The Kier molecular flexibility index (Phi) is 6.10. The molecule has 0 aromatic carbocycles. The van der Waals surface area contributed by atoms with Gasteiger partial charge in [0.1, 0.15) is 0 Å². The zero-order valence-corrected chi connectivity index (χ0v) is 13.0. The summed E-state index contributed by atoms with van der Waals surface area (Å²) in [5, 5.41) is 3.32. The molecule has 0 amide bonds. The minimum Gasteiger partial charge on any atom is -0.374 e. The number of guanidine groups is 1. The molecule has 0 aromatic heterocycles. The second kappa shape index (κ2) is 7.84. The molecule has 2 fully saturated rings. The van der Waals surface area contributed by atoms with Crippen molar-refractivity contribution in [1.82, 2.24) is 10.2 Å². The van der Waals surface area contributed by atoms with E-state index in [-0.39, 0.29) is 6.10 Å². The highest BCUT2D eigenvalue weighted by atomic mass is 16.5. The van der Waals surface area contributed by atoms with E-state index in [1.54, 1.807) is 0 Å². The lowest BCUT2D eigenvalue weighted by molar-refractivity contribution is -0.0261. The Morgan fingerprint density at radius 2 is 2.15 bits per heavy atom. The summed E-state index contributed by atoms with van der Waals surface area (Å²) in [6.45, 7) is 9.13. The first-order chi connectivity index (χ1) is 9.63. The summed E-state index contributed by atoms with van der Waals surface area (Å²) in [6, 6.07) is 0.531. The van der Waals surface area contributed by atoms with Crippen molar-refractivity contribution in [2.24, 2.45) is 16.6 Å². The third-order valence-corrected chi connectivity index (χ3v) is 4.02. The molecule has 1 saturated carbocycles. The van der Waals surface area contributed by atoms with Crippen LogP contribution in [0.5, 0.6) is 0 Å². The standard InChI is InChI=1S/C15H30N4O/c1-12(2)10-19-7-8-20-14(11-19)9-17-15(16)18-13-5-3-4-6-13/h12-14H,3-11H2,1-2H3,(H3,16,17,18). The smallest absolute Gasteiger partial charge is 0.188 e. The van der Waals surface area contributed by atoms with Crippen LogP contribution in [0, 0.1) is 5.92 Å². The SMILES string of the molecule is CC(C)CN1CCOC(CN=C(N)NC2CCCC2)C1. The lowest BCUT2D eigenvalue weighted by Gasteiger charge is -2.33. The van der Waals surface area contributed by atoms with Gasteiger partial charge in [-0.2, -0.15) is 0 Å². The molecule has 2 rings (SSSR count). The van der Waals surface area contributed by atoms with Crippen LogP contribution < -0.4 is 11.1 Å². The highest BCUT2D eigenvalue weighted by Crippen LogP contribution is 2.17. The van der Waals surface area contributed by atoms with E-state index < -0.39 is 0 Å². The third kappa shape index (κ3) is 5.29. The van der Waals surface area contributed by atoms with E-state index in [4.69, 9.17) is 10.5 Å². The van der Waals surface area contributed by atoms with Crippen molar-refractivity contribution in [3.05, 3.63) is 0 Å². The fourth-order valence-corrected chi connectivity index (χ4v) is 3.10. The minimum atomic E-state index is 0.187. The summed E-state index contributed by atoms with van der Waals surface area (Å²) >= 11 is 0. The summed E-state index contributed by atoms with van der Waals surface area (Å²) in [7, 11) is 0. The molecule has 1 atom stereocenters. The van der Waals surface area contributed by atoms with Gasteiger partial charge < -0.3 is 15.8 Å². The molecule has 2 aliphatic rings. The van der Waals surface area contributed by atoms with Gasteiger partial charge in [-0.1, -0.05) is 26.7 Å². The van der Waals surface area contributed by atoms with E-state index in [9.17, 15) is 0 Å². The third-order valence-electron chi connectivity index (χ3n) is 4.02. The maximum absolute atomic E-state index is 5.96. The molecule has 0 spiro atoms. The van der Waals surface area contributed by atoms with Gasteiger partial charge in [0, 0.05) is 25.7 Å². The first-order valence-corrected chi connectivity index (χ1v) is 8.04. The summed E-state index contributed by atoms with van der Waals surface area (Å²) in [5.74, 6) is 1.29. The van der Waals surface area contributed by atoms with E-state index in [0.29, 0.717) is 24.5 Å². The molecule has 5 heteroatoms. The Morgan fingerprint density at radius 1 is 1.40 bits per heavy atom. The molecule has 0 bridgehead atoms. The second-order valence-electron chi connectivity index (χ2n) is 6.50. The maximum atomic E-state index is 5.96. The predicted molar refractivity (Wildman–Crippen MR) is 82.9 cm³/mol. The van der Waals surface area contributed by atoms with Crippen molar-refractivity contribution in [3.8, 4) is 0 Å². The lowest BCUT2D eigenvalue weighted by Crippen LogP contribution is -2.46. The number of rotatable bonds is 5. The molecule has 1 unspecified atom stereocenters. The Balaban J connectivity index is 1.71. The molecule has 5 nitrogen and oxygen atoms in total. The fraction of sp³-hybridized carbons (Fsp3) is 0.933. The average Bonchev–Trinajstić information content (AvgIpc) is 2.89. The quantitative estimate of drug-likeness (QED) is 0.587. The highest BCUT2D eigenvalue weighted by Gasteiger charge is 2.21. The van der Waals surface area contributed by atoms with E-state index in [2.05, 4.69) is 29.1 Å². The Labute approximate surface area is 122 Å². The number of aliphatic imine (C=N–C) groups is 1. The molecule has 3 N–H and O–H groups in total. The predicted octanol–water partition coefficient (Wildman–Crippen LogP) is 1.19. The second-order valence-corrected chi connectivity index (χ2v) is 6.50. The summed E-state index contributed by atoms with van der Waals surface area (Å²) in [5.41, 5.74) is 5.96. The van der Waals surface area contributed by atoms with Crippen molar-refractivity contribution in [2.75, 3.05) is 32.8 Å². The van der Waals surface area contributed by atoms with Gasteiger partial charge in [0.05, 0.1) is 19.3 Å². The molecule has 1 aliphatic heterocycles. The van der Waals surface area contributed by atoms with Crippen molar-refractivity contribution in [3.63, 3.8) is 0 Å². The maximum Gasteiger partial charge on any atom is 0.188 e. The van der Waals surface area contributed by atoms with Gasteiger partial charge in [-0.05, 0) is 18.8 Å². The summed E-state index contributed by atoms with van der Waals surface area (Å²) in [6.07, 6.45) is 5.24. The number of ether oxygens (including phenoxy) is 1. The number of nitrogens with two attached hydrogens (primary N) is 1. The van der Waals surface area contributed by atoms with Crippen molar-refractivity contribution in [1.29, 1.82) is 0 Å². The first-order valence-electron chi connectivity index (χ1n) is 8.04. The van der Waals surface area contributed by atoms with E-state index in [1.807, 2.05) is 0 Å². The first kappa shape index (κ1) is 15.6. The molecule has 20 heavy (non-hydrogen) atoms. The molecule has 0 radical (unpaired) electrons. The van der Waals surface area contributed by atoms with Gasteiger partial charge in [0.15, 0.2) is 5.96 Å². The molecular formula is C15H30N4O. The number of hydrogen-bond acceptors (Lipinski definition) is 3. The lowest BCUT2D eigenvalue weighted by atomic mass is 10.2. The zero-order chi connectivity index (χ0) is 14.4. The van der Waals surface area contributed by atoms with Gasteiger partial charge in [0.25, 0.3) is 0 Å². The summed E-state index contributed by atoms with van der Waals surface area (Å²) < 4.78 is 5.78. The molecule has 1 aliphatic carbocycles. The monoisotopic (exact) mass is 282 g/mol. The number of nitrogens with zero attached hydrogens (tertiary/aromatic N) is 2. The van der Waals surface area contributed by atoms with Gasteiger partial charge in [-0.15, -0.1) is 0 Å². The molecule has 1 heterocycles. The van der Waals surface area contributed by atoms with Crippen LogP contribution in [0.3, 0.4) is 0 Å².